The van der Waals surface area contributed by atoms with Crippen LogP contribution in [0.2, 0.25) is 5.02 Å². The van der Waals surface area contributed by atoms with Crippen LogP contribution in [0.3, 0.4) is 0 Å². The standard InChI is InChI=1S/C17H13ClF3NO/c18-13-8-16(21)15(20)7-12(13)17(23)22(11-5-6-11)9-10-3-1-2-4-14(10)19/h1-4,7-8,11H,5-6,9H2. The summed E-state index contributed by atoms with van der Waals surface area (Å²) in [5, 5.41) is -0.159. The zero-order valence-corrected chi connectivity index (χ0v) is 12.8. The SMILES string of the molecule is O=C(c1cc(F)c(F)cc1Cl)N(Cc1ccccc1F)C1CC1. The molecule has 2 aromatic carbocycles. The highest BCUT2D eigenvalue weighted by Crippen LogP contribution is 2.32. The molecular formula is C17H13ClF3NO. The van der Waals surface area contributed by atoms with E-state index < -0.39 is 23.4 Å². The van der Waals surface area contributed by atoms with E-state index in [2.05, 4.69) is 0 Å². The number of nitrogens with zero attached hydrogens (tertiary/aromatic N) is 1. The van der Waals surface area contributed by atoms with Crippen molar-refractivity contribution in [2.45, 2.75) is 25.4 Å². The van der Waals surface area contributed by atoms with Gasteiger partial charge in [0, 0.05) is 18.2 Å². The van der Waals surface area contributed by atoms with Crippen LogP contribution in [0, 0.1) is 17.5 Å². The molecule has 1 saturated carbocycles. The van der Waals surface area contributed by atoms with E-state index in [1.807, 2.05) is 0 Å². The van der Waals surface area contributed by atoms with E-state index in [-0.39, 0.29) is 23.2 Å². The molecule has 3 rings (SSSR count). The lowest BCUT2D eigenvalue weighted by atomic mass is 10.1. The molecule has 0 heterocycles. The fourth-order valence-corrected chi connectivity index (χ4v) is 2.64. The minimum atomic E-state index is -1.14. The monoisotopic (exact) mass is 339 g/mol. The maximum atomic E-state index is 13.8. The second-order valence-corrected chi connectivity index (χ2v) is 5.91. The van der Waals surface area contributed by atoms with Gasteiger partial charge in [0.15, 0.2) is 11.6 Å². The van der Waals surface area contributed by atoms with Crippen LogP contribution in [0.15, 0.2) is 36.4 Å². The number of amides is 1. The second-order valence-electron chi connectivity index (χ2n) is 5.50. The molecule has 23 heavy (non-hydrogen) atoms. The summed E-state index contributed by atoms with van der Waals surface area (Å²) in [7, 11) is 0. The average molecular weight is 340 g/mol. The molecule has 1 aliphatic carbocycles. The Kier molecular flexibility index (Phi) is 4.31. The molecule has 0 spiro atoms. The third-order valence-electron chi connectivity index (χ3n) is 3.79. The first-order valence-electron chi connectivity index (χ1n) is 7.16. The topological polar surface area (TPSA) is 20.3 Å². The summed E-state index contributed by atoms with van der Waals surface area (Å²) in [5.41, 5.74) is 0.250. The van der Waals surface area contributed by atoms with E-state index in [0.717, 1.165) is 25.0 Å². The molecule has 0 unspecified atom stereocenters. The van der Waals surface area contributed by atoms with Crippen LogP contribution in [-0.4, -0.2) is 16.8 Å². The maximum absolute atomic E-state index is 13.8. The Bertz CT molecular complexity index is 761. The van der Waals surface area contributed by atoms with Gasteiger partial charge in [0.2, 0.25) is 0 Å². The lowest BCUT2D eigenvalue weighted by Crippen LogP contribution is -2.33. The fraction of sp³-hybridized carbons (Fsp3) is 0.235. The van der Waals surface area contributed by atoms with E-state index >= 15 is 0 Å². The Labute approximate surface area is 136 Å². The number of halogens is 4. The maximum Gasteiger partial charge on any atom is 0.256 e. The lowest BCUT2D eigenvalue weighted by Gasteiger charge is -2.23. The van der Waals surface area contributed by atoms with Crippen LogP contribution in [-0.2, 0) is 6.54 Å². The first kappa shape index (κ1) is 15.9. The molecule has 0 saturated heterocycles. The molecule has 1 aliphatic rings. The molecule has 6 heteroatoms. The molecule has 0 aromatic heterocycles. The number of rotatable bonds is 4. The fourth-order valence-electron chi connectivity index (χ4n) is 2.40. The minimum Gasteiger partial charge on any atom is -0.331 e. The number of hydrogen-bond acceptors (Lipinski definition) is 1. The first-order chi connectivity index (χ1) is 11.0. The van der Waals surface area contributed by atoms with E-state index in [1.54, 1.807) is 18.2 Å². The molecule has 2 aromatic rings. The van der Waals surface area contributed by atoms with Crippen molar-refractivity contribution in [2.75, 3.05) is 0 Å². The first-order valence-corrected chi connectivity index (χ1v) is 7.54. The average Bonchev–Trinajstić information content (AvgIpc) is 3.34. The third kappa shape index (κ3) is 3.34. The van der Waals surface area contributed by atoms with Gasteiger partial charge in [-0.05, 0) is 31.0 Å². The Morgan fingerprint density at radius 1 is 1.09 bits per heavy atom. The Morgan fingerprint density at radius 2 is 1.74 bits per heavy atom. The van der Waals surface area contributed by atoms with Gasteiger partial charge < -0.3 is 4.90 Å². The molecule has 0 atom stereocenters. The number of benzene rings is 2. The van der Waals surface area contributed by atoms with E-state index in [9.17, 15) is 18.0 Å². The van der Waals surface area contributed by atoms with Crippen molar-refractivity contribution >= 4 is 17.5 Å². The van der Waals surface area contributed by atoms with Gasteiger partial charge in [-0.2, -0.15) is 0 Å². The molecule has 120 valence electrons. The van der Waals surface area contributed by atoms with Crippen molar-refractivity contribution in [2.24, 2.45) is 0 Å². The molecule has 0 aliphatic heterocycles. The second kappa shape index (κ2) is 6.24. The highest BCUT2D eigenvalue weighted by Gasteiger charge is 2.34. The van der Waals surface area contributed by atoms with Gasteiger partial charge in [-0.25, -0.2) is 13.2 Å². The van der Waals surface area contributed by atoms with E-state index in [1.165, 1.54) is 11.0 Å². The predicted octanol–water partition coefficient (Wildman–Crippen LogP) is 4.56. The van der Waals surface area contributed by atoms with Gasteiger partial charge in [-0.3, -0.25) is 4.79 Å². The van der Waals surface area contributed by atoms with Crippen molar-refractivity contribution < 1.29 is 18.0 Å². The van der Waals surface area contributed by atoms with Crippen molar-refractivity contribution in [1.82, 2.24) is 4.90 Å². The van der Waals surface area contributed by atoms with Crippen LogP contribution in [0.5, 0.6) is 0 Å². The van der Waals surface area contributed by atoms with E-state index in [0.29, 0.717) is 5.56 Å². The van der Waals surface area contributed by atoms with Gasteiger partial charge in [0.1, 0.15) is 5.82 Å². The normalized spacial score (nSPS) is 13.9. The molecule has 0 radical (unpaired) electrons. The van der Waals surface area contributed by atoms with Crippen molar-refractivity contribution in [3.8, 4) is 0 Å². The lowest BCUT2D eigenvalue weighted by molar-refractivity contribution is 0.0728. The molecule has 0 N–H and O–H groups in total. The number of hydrogen-bond donors (Lipinski definition) is 0. The Morgan fingerprint density at radius 3 is 2.39 bits per heavy atom. The highest BCUT2D eigenvalue weighted by molar-refractivity contribution is 6.33. The van der Waals surface area contributed by atoms with Gasteiger partial charge in [-0.15, -0.1) is 0 Å². The summed E-state index contributed by atoms with van der Waals surface area (Å²) >= 11 is 5.87. The van der Waals surface area contributed by atoms with E-state index in [4.69, 9.17) is 11.6 Å². The van der Waals surface area contributed by atoms with Gasteiger partial charge >= 0.3 is 0 Å². The van der Waals surface area contributed by atoms with Crippen molar-refractivity contribution in [1.29, 1.82) is 0 Å². The molecule has 2 nitrogen and oxygen atoms in total. The van der Waals surface area contributed by atoms with Gasteiger partial charge in [0.25, 0.3) is 5.91 Å². The largest absolute Gasteiger partial charge is 0.331 e. The number of carbonyl (C=O) groups is 1. The predicted molar refractivity (Wildman–Crippen MR) is 80.7 cm³/mol. The minimum absolute atomic E-state index is 0.0358. The highest BCUT2D eigenvalue weighted by atomic mass is 35.5. The van der Waals surface area contributed by atoms with Gasteiger partial charge in [0.05, 0.1) is 10.6 Å². The summed E-state index contributed by atoms with van der Waals surface area (Å²) in [6.07, 6.45) is 1.59. The quantitative estimate of drug-likeness (QED) is 0.748. The molecule has 0 bridgehead atoms. The summed E-state index contributed by atoms with van der Waals surface area (Å²) in [5.74, 6) is -3.19. The summed E-state index contributed by atoms with van der Waals surface area (Å²) in [6, 6.07) is 7.67. The Balaban J connectivity index is 1.91. The summed E-state index contributed by atoms with van der Waals surface area (Å²) in [6.45, 7) is 0.0610. The summed E-state index contributed by atoms with van der Waals surface area (Å²) in [4.78, 5) is 14.1. The van der Waals surface area contributed by atoms with Crippen molar-refractivity contribution in [3.05, 3.63) is 70.0 Å². The third-order valence-corrected chi connectivity index (χ3v) is 4.10. The number of carbonyl (C=O) groups excluding carboxylic acids is 1. The zero-order valence-electron chi connectivity index (χ0n) is 12.0. The van der Waals surface area contributed by atoms with Crippen LogP contribution < -0.4 is 0 Å². The molecule has 1 fully saturated rings. The zero-order chi connectivity index (χ0) is 16.6. The smallest absolute Gasteiger partial charge is 0.256 e. The molecule has 1 amide bonds. The Hall–Kier alpha value is -2.01. The van der Waals surface area contributed by atoms with Crippen LogP contribution in [0.4, 0.5) is 13.2 Å². The van der Waals surface area contributed by atoms with Crippen LogP contribution >= 0.6 is 11.6 Å². The van der Waals surface area contributed by atoms with Crippen LogP contribution in [0.25, 0.3) is 0 Å². The van der Waals surface area contributed by atoms with Gasteiger partial charge in [-0.1, -0.05) is 29.8 Å². The van der Waals surface area contributed by atoms with Crippen LogP contribution in [0.1, 0.15) is 28.8 Å². The van der Waals surface area contributed by atoms with Crippen molar-refractivity contribution in [3.63, 3.8) is 0 Å². The summed E-state index contributed by atoms with van der Waals surface area (Å²) < 4.78 is 40.4. The molecular weight excluding hydrogens is 327 g/mol.